The Bertz CT molecular complexity index is 449. The number of rotatable bonds is 4. The van der Waals surface area contributed by atoms with Gasteiger partial charge in [0.2, 0.25) is 5.91 Å². The zero-order valence-corrected chi connectivity index (χ0v) is 10.6. The van der Waals surface area contributed by atoms with Crippen molar-refractivity contribution in [2.45, 2.75) is 19.4 Å². The molecule has 1 aromatic rings. The second kappa shape index (κ2) is 5.72. The second-order valence-corrected chi connectivity index (χ2v) is 4.62. The van der Waals surface area contributed by atoms with Gasteiger partial charge >= 0.3 is 0 Å². The van der Waals surface area contributed by atoms with Gasteiger partial charge in [-0.3, -0.25) is 10.1 Å². The van der Waals surface area contributed by atoms with Crippen molar-refractivity contribution >= 4 is 23.2 Å². The predicted molar refractivity (Wildman–Crippen MR) is 71.0 cm³/mol. The Morgan fingerprint density at radius 1 is 1.53 bits per heavy atom. The van der Waals surface area contributed by atoms with Crippen molar-refractivity contribution < 1.29 is 4.79 Å². The van der Waals surface area contributed by atoms with E-state index in [-0.39, 0.29) is 12.5 Å². The zero-order valence-electron chi connectivity index (χ0n) is 9.88. The van der Waals surface area contributed by atoms with Crippen molar-refractivity contribution in [1.82, 2.24) is 5.32 Å². The molecule has 90 valence electrons. The first-order valence-electron chi connectivity index (χ1n) is 5.21. The molecule has 0 aliphatic rings. The van der Waals surface area contributed by atoms with Crippen LogP contribution in [0.15, 0.2) is 24.3 Å². The average Bonchev–Trinajstić information content (AvgIpc) is 2.27. The summed E-state index contributed by atoms with van der Waals surface area (Å²) < 4.78 is 0. The van der Waals surface area contributed by atoms with Gasteiger partial charge in [-0.25, -0.2) is 0 Å². The van der Waals surface area contributed by atoms with Crippen LogP contribution in [0.3, 0.4) is 0 Å². The SMILES string of the molecule is C#CC(C)(C)NCC(=O)Nc1cccc(Cl)c1. The van der Waals surface area contributed by atoms with Crippen LogP contribution in [0.2, 0.25) is 5.02 Å². The zero-order chi connectivity index (χ0) is 12.9. The molecule has 4 heteroatoms. The van der Waals surface area contributed by atoms with Crippen LogP contribution in [-0.4, -0.2) is 18.0 Å². The van der Waals surface area contributed by atoms with Crippen molar-refractivity contribution in [1.29, 1.82) is 0 Å². The van der Waals surface area contributed by atoms with E-state index in [9.17, 15) is 4.79 Å². The highest BCUT2D eigenvalue weighted by molar-refractivity contribution is 6.30. The number of carbonyl (C=O) groups is 1. The number of carbonyl (C=O) groups excluding carboxylic acids is 1. The minimum absolute atomic E-state index is 0.156. The molecule has 1 aromatic carbocycles. The fraction of sp³-hybridized carbons (Fsp3) is 0.308. The molecule has 3 nitrogen and oxygen atoms in total. The van der Waals surface area contributed by atoms with Gasteiger partial charge in [0, 0.05) is 10.7 Å². The lowest BCUT2D eigenvalue weighted by Gasteiger charge is -2.19. The van der Waals surface area contributed by atoms with Crippen LogP contribution >= 0.6 is 11.6 Å². The van der Waals surface area contributed by atoms with Crippen LogP contribution < -0.4 is 10.6 Å². The molecule has 0 unspecified atom stereocenters. The molecule has 0 atom stereocenters. The Morgan fingerprint density at radius 2 is 2.24 bits per heavy atom. The molecule has 0 aliphatic heterocycles. The van der Waals surface area contributed by atoms with Gasteiger partial charge in [0.15, 0.2) is 0 Å². The summed E-state index contributed by atoms with van der Waals surface area (Å²) in [5.74, 6) is 2.40. The molecule has 0 saturated heterocycles. The van der Waals surface area contributed by atoms with Crippen LogP contribution in [0, 0.1) is 12.3 Å². The van der Waals surface area contributed by atoms with E-state index >= 15 is 0 Å². The highest BCUT2D eigenvalue weighted by Crippen LogP contribution is 2.14. The lowest BCUT2D eigenvalue weighted by Crippen LogP contribution is -2.42. The highest BCUT2D eigenvalue weighted by atomic mass is 35.5. The quantitative estimate of drug-likeness (QED) is 0.805. The van der Waals surface area contributed by atoms with Gasteiger partial charge in [-0.15, -0.1) is 6.42 Å². The Labute approximate surface area is 107 Å². The van der Waals surface area contributed by atoms with Gasteiger partial charge in [0.05, 0.1) is 12.1 Å². The summed E-state index contributed by atoms with van der Waals surface area (Å²) in [6.45, 7) is 3.82. The Morgan fingerprint density at radius 3 is 2.82 bits per heavy atom. The highest BCUT2D eigenvalue weighted by Gasteiger charge is 2.14. The second-order valence-electron chi connectivity index (χ2n) is 4.18. The molecule has 0 bridgehead atoms. The fourth-order valence-electron chi connectivity index (χ4n) is 1.12. The van der Waals surface area contributed by atoms with Gasteiger partial charge in [0.1, 0.15) is 0 Å². The number of hydrogen-bond acceptors (Lipinski definition) is 2. The standard InChI is InChI=1S/C13H15ClN2O/c1-4-13(2,3)15-9-12(17)16-11-7-5-6-10(14)8-11/h1,5-8,15H,9H2,2-3H3,(H,16,17). The van der Waals surface area contributed by atoms with Crippen molar-refractivity contribution in [2.75, 3.05) is 11.9 Å². The molecule has 2 N–H and O–H groups in total. The lowest BCUT2D eigenvalue weighted by molar-refractivity contribution is -0.115. The molecule has 17 heavy (non-hydrogen) atoms. The Hall–Kier alpha value is -1.50. The average molecular weight is 251 g/mol. The molecule has 0 radical (unpaired) electrons. The van der Waals surface area contributed by atoms with E-state index in [1.54, 1.807) is 24.3 Å². The summed E-state index contributed by atoms with van der Waals surface area (Å²) >= 11 is 5.81. The third kappa shape index (κ3) is 4.90. The predicted octanol–water partition coefficient (Wildman–Crippen LogP) is 2.28. The molecule has 1 amide bonds. The topological polar surface area (TPSA) is 41.1 Å². The Balaban J connectivity index is 2.49. The number of amides is 1. The number of nitrogens with one attached hydrogen (secondary N) is 2. The first-order valence-corrected chi connectivity index (χ1v) is 5.59. The van der Waals surface area contributed by atoms with E-state index in [2.05, 4.69) is 16.6 Å². The number of benzene rings is 1. The van der Waals surface area contributed by atoms with Crippen LogP contribution in [0.1, 0.15) is 13.8 Å². The molecule has 0 heterocycles. The number of hydrogen-bond donors (Lipinski definition) is 2. The van der Waals surface area contributed by atoms with E-state index in [0.29, 0.717) is 10.7 Å². The van der Waals surface area contributed by atoms with Gasteiger partial charge in [-0.1, -0.05) is 23.6 Å². The number of terminal acetylenes is 1. The first-order chi connectivity index (χ1) is 7.93. The summed E-state index contributed by atoms with van der Waals surface area (Å²) in [6.07, 6.45) is 5.30. The van der Waals surface area contributed by atoms with E-state index < -0.39 is 5.54 Å². The molecule has 0 fully saturated rings. The smallest absolute Gasteiger partial charge is 0.238 e. The summed E-state index contributed by atoms with van der Waals surface area (Å²) in [7, 11) is 0. The molecule has 1 rings (SSSR count). The monoisotopic (exact) mass is 250 g/mol. The molecular weight excluding hydrogens is 236 g/mol. The van der Waals surface area contributed by atoms with E-state index in [4.69, 9.17) is 18.0 Å². The van der Waals surface area contributed by atoms with E-state index in [0.717, 1.165) is 0 Å². The van der Waals surface area contributed by atoms with Crippen LogP contribution in [0.5, 0.6) is 0 Å². The van der Waals surface area contributed by atoms with Crippen LogP contribution in [0.25, 0.3) is 0 Å². The minimum atomic E-state index is -0.494. The van der Waals surface area contributed by atoms with E-state index in [1.807, 2.05) is 13.8 Å². The van der Waals surface area contributed by atoms with Crippen LogP contribution in [-0.2, 0) is 4.79 Å². The molecule has 0 aromatic heterocycles. The number of halogens is 1. The lowest BCUT2D eigenvalue weighted by atomic mass is 10.1. The third-order valence-corrected chi connectivity index (χ3v) is 2.40. The molecular formula is C13H15ClN2O. The summed E-state index contributed by atoms with van der Waals surface area (Å²) in [4.78, 5) is 11.6. The van der Waals surface area contributed by atoms with Crippen molar-refractivity contribution in [3.05, 3.63) is 29.3 Å². The minimum Gasteiger partial charge on any atom is -0.325 e. The number of anilines is 1. The summed E-state index contributed by atoms with van der Waals surface area (Å²) in [5.41, 5.74) is 0.175. The molecule has 0 saturated carbocycles. The van der Waals surface area contributed by atoms with Crippen molar-refractivity contribution in [3.8, 4) is 12.3 Å². The van der Waals surface area contributed by atoms with Crippen LogP contribution in [0.4, 0.5) is 5.69 Å². The maximum atomic E-state index is 11.6. The fourth-order valence-corrected chi connectivity index (χ4v) is 1.31. The van der Waals surface area contributed by atoms with E-state index in [1.165, 1.54) is 0 Å². The van der Waals surface area contributed by atoms with Gasteiger partial charge in [-0.2, -0.15) is 0 Å². The van der Waals surface area contributed by atoms with Gasteiger partial charge < -0.3 is 5.32 Å². The maximum Gasteiger partial charge on any atom is 0.238 e. The first kappa shape index (κ1) is 13.6. The summed E-state index contributed by atoms with van der Waals surface area (Å²) in [6, 6.07) is 6.98. The van der Waals surface area contributed by atoms with Gasteiger partial charge in [0.25, 0.3) is 0 Å². The maximum absolute atomic E-state index is 11.6. The Kier molecular flexibility index (Phi) is 4.56. The normalized spacial score (nSPS) is 10.7. The molecule has 0 aliphatic carbocycles. The van der Waals surface area contributed by atoms with Crippen molar-refractivity contribution in [3.63, 3.8) is 0 Å². The summed E-state index contributed by atoms with van der Waals surface area (Å²) in [5, 5.41) is 6.27. The van der Waals surface area contributed by atoms with Crippen molar-refractivity contribution in [2.24, 2.45) is 0 Å². The largest absolute Gasteiger partial charge is 0.325 e. The van der Waals surface area contributed by atoms with Gasteiger partial charge in [-0.05, 0) is 32.0 Å². The molecule has 0 spiro atoms. The third-order valence-electron chi connectivity index (χ3n) is 2.16.